The molecular formula is C30H35ClN6O5. The van der Waals surface area contributed by atoms with Gasteiger partial charge in [-0.15, -0.1) is 0 Å². The number of amides is 2. The van der Waals surface area contributed by atoms with Crippen molar-refractivity contribution in [3.05, 3.63) is 87.9 Å². The zero-order valence-corrected chi connectivity index (χ0v) is 24.1. The number of aromatic hydroxyl groups is 1. The van der Waals surface area contributed by atoms with Gasteiger partial charge in [0.1, 0.15) is 17.7 Å². The molecule has 2 amide bonds. The van der Waals surface area contributed by atoms with Gasteiger partial charge in [-0.1, -0.05) is 29.8 Å². The second-order valence-corrected chi connectivity index (χ2v) is 10.3. The van der Waals surface area contributed by atoms with Crippen LogP contribution in [-0.2, 0) is 11.4 Å². The van der Waals surface area contributed by atoms with Crippen LogP contribution in [-0.4, -0.2) is 66.3 Å². The first kappa shape index (κ1) is 30.8. The largest absolute Gasteiger partial charge is 0.508 e. The van der Waals surface area contributed by atoms with Gasteiger partial charge in [0.15, 0.2) is 0 Å². The molecule has 0 radical (unpaired) electrons. The van der Waals surface area contributed by atoms with Gasteiger partial charge in [-0.3, -0.25) is 14.6 Å². The van der Waals surface area contributed by atoms with Gasteiger partial charge in [0.2, 0.25) is 5.91 Å². The maximum atomic E-state index is 13.0. The van der Waals surface area contributed by atoms with Gasteiger partial charge in [-0.2, -0.15) is 0 Å². The van der Waals surface area contributed by atoms with Crippen LogP contribution in [0.5, 0.6) is 11.5 Å². The maximum Gasteiger partial charge on any atom is 0.251 e. The Hall–Kier alpha value is -4.16. The molecule has 3 aromatic rings. The molecule has 1 aliphatic rings. The molecule has 4 rings (SSSR count). The van der Waals surface area contributed by atoms with Gasteiger partial charge in [0, 0.05) is 46.1 Å². The van der Waals surface area contributed by atoms with E-state index < -0.39 is 24.3 Å². The molecule has 42 heavy (non-hydrogen) atoms. The molecule has 3 aromatic carbocycles. The number of benzene rings is 3. The van der Waals surface area contributed by atoms with Crippen LogP contribution in [0.1, 0.15) is 40.4 Å². The van der Waals surface area contributed by atoms with Crippen molar-refractivity contribution in [3.8, 4) is 11.5 Å². The molecule has 0 spiro atoms. The number of phenols is 1. The number of aliphatic hydroxyl groups excluding tert-OH is 1. The molecule has 11 nitrogen and oxygen atoms in total. The molecular weight excluding hydrogens is 560 g/mol. The molecule has 1 aliphatic heterocycles. The number of carbonyl (C=O) groups is 2. The minimum Gasteiger partial charge on any atom is -0.508 e. The van der Waals surface area contributed by atoms with E-state index in [0.717, 1.165) is 16.8 Å². The summed E-state index contributed by atoms with van der Waals surface area (Å²) < 4.78 is 5.48. The third-order valence-corrected chi connectivity index (χ3v) is 7.20. The van der Waals surface area contributed by atoms with Crippen molar-refractivity contribution in [2.45, 2.75) is 38.3 Å². The summed E-state index contributed by atoms with van der Waals surface area (Å²) in [6, 6.07) is 16.4. The summed E-state index contributed by atoms with van der Waals surface area (Å²) in [5.41, 5.74) is 16.6. The third-order valence-electron chi connectivity index (χ3n) is 6.95. The number of hydrogen-bond donors (Lipinski definition) is 6. The normalized spacial score (nSPS) is 17.0. The zero-order valence-electron chi connectivity index (χ0n) is 23.4. The second kappa shape index (κ2) is 13.7. The lowest BCUT2D eigenvalue weighted by Gasteiger charge is -2.36. The molecule has 3 atom stereocenters. The first-order chi connectivity index (χ1) is 20.1. The number of aliphatic hydroxyl groups is 1. The van der Waals surface area contributed by atoms with E-state index in [0.29, 0.717) is 22.0 Å². The van der Waals surface area contributed by atoms with Gasteiger partial charge in [-0.05, 0) is 49.4 Å². The number of nitrogens with one attached hydrogen (secondary N) is 2. The SMILES string of the molecule is COc1ccc2c(c1)C(c1ccc(Cl)cc1)=N[C@@H](CC(=O)NCCNC(=O)c1ccc(CO)c(O)c1)C(N)N2C(C)N. The Balaban J connectivity index is 1.51. The summed E-state index contributed by atoms with van der Waals surface area (Å²) in [7, 11) is 1.58. The number of rotatable bonds is 10. The number of benzodiazepines with no additional fused rings is 1. The minimum atomic E-state index is -0.720. The Morgan fingerprint density at radius 3 is 2.45 bits per heavy atom. The molecule has 0 fully saturated rings. The van der Waals surface area contributed by atoms with E-state index in [1.54, 1.807) is 19.2 Å². The van der Waals surface area contributed by atoms with Crippen molar-refractivity contribution >= 4 is 34.8 Å². The fraction of sp³-hybridized carbons (Fsp3) is 0.300. The van der Waals surface area contributed by atoms with Gasteiger partial charge in [-0.25, -0.2) is 0 Å². The van der Waals surface area contributed by atoms with E-state index in [2.05, 4.69) is 10.6 Å². The highest BCUT2D eigenvalue weighted by atomic mass is 35.5. The standard InChI is InChI=1S/C30H35ClN6O5/c1-17(32)37-25-10-9-22(42-2)14-23(25)28(18-5-7-21(31)8-6-18)36-24(29(37)33)15-27(40)34-11-12-35-30(41)19-3-4-20(16-38)26(39)13-19/h3-10,13-14,17,24,29,38-39H,11-12,15-16,32-33H2,1-2H3,(H,34,40)(H,35,41)/t17?,24-,29?/m0/s1. The topological polar surface area (TPSA) is 176 Å². The number of carbonyl (C=O) groups excluding carboxylic acids is 2. The van der Waals surface area contributed by atoms with Crippen LogP contribution in [0.4, 0.5) is 5.69 Å². The summed E-state index contributed by atoms with van der Waals surface area (Å²) in [5.74, 6) is -0.264. The fourth-order valence-corrected chi connectivity index (χ4v) is 4.92. The lowest BCUT2D eigenvalue weighted by molar-refractivity contribution is -0.121. The number of nitrogens with zero attached hydrogens (tertiary/aromatic N) is 2. The molecule has 0 saturated carbocycles. The van der Waals surface area contributed by atoms with Crippen LogP contribution >= 0.6 is 11.6 Å². The molecule has 222 valence electrons. The first-order valence-electron chi connectivity index (χ1n) is 13.4. The van der Waals surface area contributed by atoms with Crippen molar-refractivity contribution in [1.82, 2.24) is 10.6 Å². The Morgan fingerprint density at radius 2 is 1.81 bits per heavy atom. The predicted molar refractivity (Wildman–Crippen MR) is 162 cm³/mol. The smallest absolute Gasteiger partial charge is 0.251 e. The second-order valence-electron chi connectivity index (χ2n) is 9.89. The lowest BCUT2D eigenvalue weighted by atomic mass is 9.99. The summed E-state index contributed by atoms with van der Waals surface area (Å²) in [6.45, 7) is 1.80. The number of ether oxygens (including phenoxy) is 1. The highest BCUT2D eigenvalue weighted by molar-refractivity contribution is 6.30. The molecule has 1 heterocycles. The first-order valence-corrected chi connectivity index (χ1v) is 13.8. The van der Waals surface area contributed by atoms with E-state index in [4.69, 9.17) is 32.8 Å². The highest BCUT2D eigenvalue weighted by Gasteiger charge is 2.34. The Bertz CT molecular complexity index is 1460. The number of halogens is 1. The summed E-state index contributed by atoms with van der Waals surface area (Å²) in [6.07, 6.45) is -1.24. The summed E-state index contributed by atoms with van der Waals surface area (Å²) in [5, 5.41) is 25.1. The highest BCUT2D eigenvalue weighted by Crippen LogP contribution is 2.34. The van der Waals surface area contributed by atoms with E-state index in [9.17, 15) is 19.8 Å². The van der Waals surface area contributed by atoms with Crippen molar-refractivity contribution in [1.29, 1.82) is 0 Å². The number of nitrogens with two attached hydrogens (primary N) is 2. The van der Waals surface area contributed by atoms with Gasteiger partial charge in [0.05, 0.1) is 38.1 Å². The average Bonchev–Trinajstić information content (AvgIpc) is 3.09. The summed E-state index contributed by atoms with van der Waals surface area (Å²) >= 11 is 6.15. The lowest BCUT2D eigenvalue weighted by Crippen LogP contribution is -2.56. The average molecular weight is 595 g/mol. The molecule has 0 saturated heterocycles. The Kier molecular flexibility index (Phi) is 10.0. The third kappa shape index (κ3) is 7.00. The van der Waals surface area contributed by atoms with E-state index in [-0.39, 0.29) is 43.3 Å². The molecule has 12 heteroatoms. The van der Waals surface area contributed by atoms with Gasteiger partial charge < -0.3 is 42.0 Å². The van der Waals surface area contributed by atoms with E-state index >= 15 is 0 Å². The zero-order chi connectivity index (χ0) is 30.4. The fourth-order valence-electron chi connectivity index (χ4n) is 4.79. The van der Waals surface area contributed by atoms with Crippen LogP contribution in [0.3, 0.4) is 0 Å². The molecule has 0 aromatic heterocycles. The molecule has 2 unspecified atom stereocenters. The van der Waals surface area contributed by atoms with Crippen LogP contribution in [0, 0.1) is 0 Å². The number of anilines is 1. The number of aliphatic imine (C=N–C) groups is 1. The van der Waals surface area contributed by atoms with Crippen molar-refractivity contribution in [2.24, 2.45) is 16.5 Å². The quantitative estimate of drug-likeness (QED) is 0.193. The molecule has 0 bridgehead atoms. The monoisotopic (exact) mass is 594 g/mol. The molecule has 8 N–H and O–H groups in total. The van der Waals surface area contributed by atoms with Crippen LogP contribution in [0.25, 0.3) is 0 Å². The minimum absolute atomic E-state index is 0.0307. The molecule has 0 aliphatic carbocycles. The van der Waals surface area contributed by atoms with Crippen molar-refractivity contribution in [2.75, 3.05) is 25.1 Å². The van der Waals surface area contributed by atoms with Crippen LogP contribution < -0.4 is 31.7 Å². The van der Waals surface area contributed by atoms with Crippen molar-refractivity contribution < 1.29 is 24.5 Å². The van der Waals surface area contributed by atoms with Gasteiger partial charge >= 0.3 is 0 Å². The number of fused-ring (bicyclic) bond motifs is 1. The summed E-state index contributed by atoms with van der Waals surface area (Å²) in [4.78, 5) is 32.3. The number of hydrogen-bond acceptors (Lipinski definition) is 9. The Morgan fingerprint density at radius 1 is 1.10 bits per heavy atom. The Labute approximate surface area is 249 Å². The van der Waals surface area contributed by atoms with E-state index in [1.165, 1.54) is 18.2 Å². The number of methoxy groups -OCH3 is 1. The predicted octanol–water partition coefficient (Wildman–Crippen LogP) is 2.10. The van der Waals surface area contributed by atoms with Crippen LogP contribution in [0.2, 0.25) is 5.02 Å². The van der Waals surface area contributed by atoms with Gasteiger partial charge in [0.25, 0.3) is 5.91 Å². The van der Waals surface area contributed by atoms with E-state index in [1.807, 2.05) is 42.2 Å². The van der Waals surface area contributed by atoms with Crippen LogP contribution in [0.15, 0.2) is 65.7 Å². The maximum absolute atomic E-state index is 13.0. The van der Waals surface area contributed by atoms with Crippen molar-refractivity contribution in [3.63, 3.8) is 0 Å².